The van der Waals surface area contributed by atoms with Crippen LogP contribution in [0, 0.1) is 5.82 Å². The molecule has 13 heavy (non-hydrogen) atoms. The fourth-order valence-electron chi connectivity index (χ4n) is 1.30. The average Bonchev–Trinajstić information content (AvgIpc) is 2.15. The maximum absolute atomic E-state index is 12.6. The normalized spacial score (nSPS) is 12.8. The van der Waals surface area contributed by atoms with E-state index in [1.807, 2.05) is 0 Å². The monoisotopic (exact) mass is 181 g/mol. The van der Waals surface area contributed by atoms with E-state index < -0.39 is 0 Å². The van der Waals surface area contributed by atoms with Crippen LogP contribution in [0.2, 0.25) is 0 Å². The number of hydrogen-bond acceptors (Lipinski definition) is 1. The third-order valence-corrected chi connectivity index (χ3v) is 2.17. The van der Waals surface area contributed by atoms with Gasteiger partial charge in [0.1, 0.15) is 5.82 Å². The van der Waals surface area contributed by atoms with E-state index in [9.17, 15) is 4.39 Å². The lowest BCUT2D eigenvalue weighted by Crippen LogP contribution is -2.09. The van der Waals surface area contributed by atoms with Crippen LogP contribution >= 0.6 is 0 Å². The number of nitrogens with two attached hydrogens (primary N) is 1. The summed E-state index contributed by atoms with van der Waals surface area (Å²) in [6, 6.07) is 6.49. The van der Waals surface area contributed by atoms with Crippen molar-refractivity contribution < 1.29 is 4.39 Å². The van der Waals surface area contributed by atoms with Crippen LogP contribution in [0.25, 0.3) is 0 Å². The van der Waals surface area contributed by atoms with Crippen molar-refractivity contribution in [2.75, 3.05) is 0 Å². The summed E-state index contributed by atoms with van der Waals surface area (Å²) in [5, 5.41) is 0. The lowest BCUT2D eigenvalue weighted by atomic mass is 10.0. The van der Waals surface area contributed by atoms with Crippen LogP contribution in [0.5, 0.6) is 0 Å². The highest BCUT2D eigenvalue weighted by atomic mass is 19.1. The van der Waals surface area contributed by atoms with Crippen molar-refractivity contribution in [3.8, 4) is 0 Å². The quantitative estimate of drug-likeness (QED) is 0.759. The Labute approximate surface area is 78.8 Å². The number of unbranched alkanes of at least 4 members (excludes halogenated alkanes) is 1. The molecule has 72 valence electrons. The van der Waals surface area contributed by atoms with Crippen LogP contribution in [-0.2, 0) is 0 Å². The molecule has 0 aliphatic heterocycles. The summed E-state index contributed by atoms with van der Waals surface area (Å²) >= 11 is 0. The van der Waals surface area contributed by atoms with Crippen molar-refractivity contribution in [3.05, 3.63) is 35.6 Å². The molecule has 1 atom stereocenters. The third kappa shape index (κ3) is 3.15. The van der Waals surface area contributed by atoms with Gasteiger partial charge in [0.05, 0.1) is 0 Å². The Hall–Kier alpha value is -0.890. The van der Waals surface area contributed by atoms with Gasteiger partial charge in [0, 0.05) is 6.04 Å². The van der Waals surface area contributed by atoms with E-state index in [1.54, 1.807) is 12.1 Å². The molecule has 0 aliphatic rings. The maximum atomic E-state index is 12.6. The predicted molar refractivity (Wildman–Crippen MR) is 52.9 cm³/mol. The van der Waals surface area contributed by atoms with Crippen molar-refractivity contribution in [1.29, 1.82) is 0 Å². The maximum Gasteiger partial charge on any atom is 0.123 e. The van der Waals surface area contributed by atoms with Gasteiger partial charge in [0.15, 0.2) is 0 Å². The topological polar surface area (TPSA) is 26.0 Å². The molecule has 1 nitrogen and oxygen atoms in total. The molecule has 0 saturated heterocycles. The Morgan fingerprint density at radius 3 is 2.46 bits per heavy atom. The standard InChI is InChI=1S/C11H16FN/c1-2-3-4-11(13)9-5-7-10(12)8-6-9/h5-8,11H,2-4,13H2,1H3. The van der Waals surface area contributed by atoms with Crippen molar-refractivity contribution in [2.24, 2.45) is 5.73 Å². The van der Waals surface area contributed by atoms with E-state index in [2.05, 4.69) is 6.92 Å². The molecule has 1 rings (SSSR count). The summed E-state index contributed by atoms with van der Waals surface area (Å²) in [7, 11) is 0. The fourth-order valence-corrected chi connectivity index (χ4v) is 1.30. The highest BCUT2D eigenvalue weighted by Gasteiger charge is 2.04. The van der Waals surface area contributed by atoms with Gasteiger partial charge >= 0.3 is 0 Å². The first-order valence-electron chi connectivity index (χ1n) is 4.75. The van der Waals surface area contributed by atoms with Crippen LogP contribution in [0.15, 0.2) is 24.3 Å². The first-order chi connectivity index (χ1) is 6.24. The number of rotatable bonds is 4. The molecule has 1 unspecified atom stereocenters. The number of hydrogen-bond donors (Lipinski definition) is 1. The minimum Gasteiger partial charge on any atom is -0.324 e. The predicted octanol–water partition coefficient (Wildman–Crippen LogP) is 3.02. The highest BCUT2D eigenvalue weighted by Crippen LogP contribution is 2.16. The Morgan fingerprint density at radius 1 is 1.31 bits per heavy atom. The van der Waals surface area contributed by atoms with Gasteiger partial charge in [0.25, 0.3) is 0 Å². The second-order valence-corrected chi connectivity index (χ2v) is 3.30. The van der Waals surface area contributed by atoms with Gasteiger partial charge in [-0.3, -0.25) is 0 Å². The average molecular weight is 181 g/mol. The van der Waals surface area contributed by atoms with Crippen LogP contribution in [0.4, 0.5) is 4.39 Å². The molecule has 2 heteroatoms. The fraction of sp³-hybridized carbons (Fsp3) is 0.455. The molecule has 0 amide bonds. The summed E-state index contributed by atoms with van der Waals surface area (Å²) in [5.41, 5.74) is 6.93. The van der Waals surface area contributed by atoms with Gasteiger partial charge in [-0.15, -0.1) is 0 Å². The summed E-state index contributed by atoms with van der Waals surface area (Å²) in [4.78, 5) is 0. The summed E-state index contributed by atoms with van der Waals surface area (Å²) in [6.45, 7) is 2.14. The van der Waals surface area contributed by atoms with E-state index >= 15 is 0 Å². The van der Waals surface area contributed by atoms with Crippen molar-refractivity contribution >= 4 is 0 Å². The van der Waals surface area contributed by atoms with Gasteiger partial charge < -0.3 is 5.73 Å². The van der Waals surface area contributed by atoms with Crippen LogP contribution < -0.4 is 5.73 Å². The summed E-state index contributed by atoms with van der Waals surface area (Å²) in [5.74, 6) is -0.202. The van der Waals surface area contributed by atoms with Gasteiger partial charge in [0.2, 0.25) is 0 Å². The Kier molecular flexibility index (Phi) is 3.90. The minimum absolute atomic E-state index is 0.0561. The molecular formula is C11H16FN. The SMILES string of the molecule is CCCCC(N)c1ccc(F)cc1. The summed E-state index contributed by atoms with van der Waals surface area (Å²) in [6.07, 6.45) is 3.25. The van der Waals surface area contributed by atoms with E-state index in [0.29, 0.717) is 0 Å². The molecule has 0 saturated carbocycles. The highest BCUT2D eigenvalue weighted by molar-refractivity contribution is 5.19. The Balaban J connectivity index is 2.55. The molecular weight excluding hydrogens is 165 g/mol. The number of benzene rings is 1. The van der Waals surface area contributed by atoms with E-state index in [0.717, 1.165) is 24.8 Å². The zero-order chi connectivity index (χ0) is 9.68. The number of halogens is 1. The van der Waals surface area contributed by atoms with Gasteiger partial charge in [-0.1, -0.05) is 31.9 Å². The molecule has 0 spiro atoms. The van der Waals surface area contributed by atoms with Gasteiger partial charge in [-0.2, -0.15) is 0 Å². The van der Waals surface area contributed by atoms with Crippen LogP contribution in [0.1, 0.15) is 37.8 Å². The van der Waals surface area contributed by atoms with Gasteiger partial charge in [-0.05, 0) is 24.1 Å². The first-order valence-corrected chi connectivity index (χ1v) is 4.75. The minimum atomic E-state index is -0.202. The lowest BCUT2D eigenvalue weighted by molar-refractivity contribution is 0.597. The Morgan fingerprint density at radius 2 is 1.92 bits per heavy atom. The van der Waals surface area contributed by atoms with Crippen molar-refractivity contribution in [2.45, 2.75) is 32.2 Å². The van der Waals surface area contributed by atoms with E-state index in [1.165, 1.54) is 12.1 Å². The van der Waals surface area contributed by atoms with Crippen LogP contribution in [0.3, 0.4) is 0 Å². The smallest absolute Gasteiger partial charge is 0.123 e. The first kappa shape index (κ1) is 10.2. The molecule has 0 fully saturated rings. The molecule has 0 aromatic heterocycles. The summed E-state index contributed by atoms with van der Waals surface area (Å²) < 4.78 is 12.6. The Bertz CT molecular complexity index is 243. The van der Waals surface area contributed by atoms with Crippen molar-refractivity contribution in [3.63, 3.8) is 0 Å². The molecule has 0 heterocycles. The lowest BCUT2D eigenvalue weighted by Gasteiger charge is -2.10. The second kappa shape index (κ2) is 4.97. The molecule has 0 aliphatic carbocycles. The van der Waals surface area contributed by atoms with Gasteiger partial charge in [-0.25, -0.2) is 4.39 Å². The van der Waals surface area contributed by atoms with E-state index in [-0.39, 0.29) is 11.9 Å². The molecule has 2 N–H and O–H groups in total. The second-order valence-electron chi connectivity index (χ2n) is 3.30. The van der Waals surface area contributed by atoms with Crippen molar-refractivity contribution in [1.82, 2.24) is 0 Å². The third-order valence-electron chi connectivity index (χ3n) is 2.17. The largest absolute Gasteiger partial charge is 0.324 e. The molecule has 1 aromatic rings. The zero-order valence-electron chi connectivity index (χ0n) is 7.96. The van der Waals surface area contributed by atoms with Crippen LogP contribution in [-0.4, -0.2) is 0 Å². The molecule has 0 radical (unpaired) electrons. The molecule has 0 bridgehead atoms. The molecule has 1 aromatic carbocycles. The zero-order valence-corrected chi connectivity index (χ0v) is 7.96. The van der Waals surface area contributed by atoms with E-state index in [4.69, 9.17) is 5.73 Å².